The van der Waals surface area contributed by atoms with Crippen molar-refractivity contribution >= 4 is 17.4 Å². The van der Waals surface area contributed by atoms with Gasteiger partial charge in [-0.3, -0.25) is 4.90 Å². The Balaban J connectivity index is 1.38. The van der Waals surface area contributed by atoms with Gasteiger partial charge in [0.1, 0.15) is 0 Å². The normalized spacial score (nSPS) is 14.9. The number of piperazine rings is 1. The van der Waals surface area contributed by atoms with Crippen LogP contribution in [0.5, 0.6) is 0 Å². The second kappa shape index (κ2) is 8.72. The lowest BCUT2D eigenvalue weighted by atomic mass is 10.1. The first-order chi connectivity index (χ1) is 12.6. The SMILES string of the molecule is Cc1ccc(N2CCN(CCNC(=O)Nc3ccccc3)CC2)c(C)c1. The van der Waals surface area contributed by atoms with E-state index in [9.17, 15) is 4.79 Å². The van der Waals surface area contributed by atoms with Crippen molar-refractivity contribution in [2.24, 2.45) is 0 Å². The number of urea groups is 1. The molecule has 0 bridgehead atoms. The second-order valence-corrected chi connectivity index (χ2v) is 6.87. The molecule has 0 atom stereocenters. The Kier molecular flexibility index (Phi) is 6.12. The van der Waals surface area contributed by atoms with Crippen LogP contribution in [-0.4, -0.2) is 50.2 Å². The fourth-order valence-corrected chi connectivity index (χ4v) is 3.40. The number of benzene rings is 2. The molecule has 0 spiro atoms. The molecule has 138 valence electrons. The van der Waals surface area contributed by atoms with Gasteiger partial charge in [0.2, 0.25) is 0 Å². The highest BCUT2D eigenvalue weighted by Gasteiger charge is 2.18. The molecule has 2 N–H and O–H groups in total. The average molecular weight is 352 g/mol. The van der Waals surface area contributed by atoms with Gasteiger partial charge < -0.3 is 15.5 Å². The lowest BCUT2D eigenvalue weighted by Crippen LogP contribution is -2.48. The van der Waals surface area contributed by atoms with Crippen molar-refractivity contribution < 1.29 is 4.79 Å². The Bertz CT molecular complexity index is 724. The summed E-state index contributed by atoms with van der Waals surface area (Å²) in [4.78, 5) is 16.8. The molecule has 0 aromatic heterocycles. The maximum Gasteiger partial charge on any atom is 0.319 e. The number of hydrogen-bond donors (Lipinski definition) is 2. The number of nitrogens with zero attached hydrogens (tertiary/aromatic N) is 2. The summed E-state index contributed by atoms with van der Waals surface area (Å²) in [6.07, 6.45) is 0. The Hall–Kier alpha value is -2.53. The van der Waals surface area contributed by atoms with Gasteiger partial charge in [-0.15, -0.1) is 0 Å². The van der Waals surface area contributed by atoms with Crippen molar-refractivity contribution in [1.29, 1.82) is 0 Å². The maximum atomic E-state index is 11.9. The van der Waals surface area contributed by atoms with Crippen LogP contribution in [0.25, 0.3) is 0 Å². The first-order valence-electron chi connectivity index (χ1n) is 9.26. The average Bonchev–Trinajstić information content (AvgIpc) is 2.63. The van der Waals surface area contributed by atoms with Crippen molar-refractivity contribution in [3.05, 3.63) is 59.7 Å². The quantitative estimate of drug-likeness (QED) is 0.868. The van der Waals surface area contributed by atoms with E-state index in [4.69, 9.17) is 0 Å². The molecule has 0 radical (unpaired) electrons. The van der Waals surface area contributed by atoms with Gasteiger partial charge in [0, 0.05) is 50.6 Å². The largest absolute Gasteiger partial charge is 0.369 e. The zero-order valence-corrected chi connectivity index (χ0v) is 15.7. The summed E-state index contributed by atoms with van der Waals surface area (Å²) in [6.45, 7) is 9.95. The van der Waals surface area contributed by atoms with Gasteiger partial charge in [-0.2, -0.15) is 0 Å². The van der Waals surface area contributed by atoms with Crippen LogP contribution in [-0.2, 0) is 0 Å². The summed E-state index contributed by atoms with van der Waals surface area (Å²) in [7, 11) is 0. The van der Waals surface area contributed by atoms with Crippen molar-refractivity contribution in [3.8, 4) is 0 Å². The molecule has 0 saturated carbocycles. The number of anilines is 2. The molecule has 1 fully saturated rings. The molecule has 1 aliphatic rings. The van der Waals surface area contributed by atoms with E-state index in [0.29, 0.717) is 6.54 Å². The molecule has 1 aliphatic heterocycles. The molecule has 5 heteroatoms. The third kappa shape index (κ3) is 4.99. The first-order valence-corrected chi connectivity index (χ1v) is 9.26. The number of amides is 2. The second-order valence-electron chi connectivity index (χ2n) is 6.87. The van der Waals surface area contributed by atoms with Crippen LogP contribution < -0.4 is 15.5 Å². The molecule has 1 heterocycles. The minimum absolute atomic E-state index is 0.148. The number of rotatable bonds is 5. The van der Waals surface area contributed by atoms with Gasteiger partial charge in [-0.1, -0.05) is 35.9 Å². The lowest BCUT2D eigenvalue weighted by Gasteiger charge is -2.36. The number of carbonyl (C=O) groups is 1. The van der Waals surface area contributed by atoms with E-state index in [2.05, 4.69) is 52.5 Å². The highest BCUT2D eigenvalue weighted by molar-refractivity contribution is 5.89. The Morgan fingerprint density at radius 2 is 1.73 bits per heavy atom. The van der Waals surface area contributed by atoms with E-state index in [-0.39, 0.29) is 6.03 Å². The molecule has 1 saturated heterocycles. The monoisotopic (exact) mass is 352 g/mol. The zero-order chi connectivity index (χ0) is 18.4. The Morgan fingerprint density at radius 3 is 2.42 bits per heavy atom. The van der Waals surface area contributed by atoms with E-state index in [1.807, 2.05) is 30.3 Å². The number of aryl methyl sites for hydroxylation is 2. The molecule has 0 aliphatic carbocycles. The summed E-state index contributed by atoms with van der Waals surface area (Å²) in [6, 6.07) is 16.0. The van der Waals surface area contributed by atoms with E-state index < -0.39 is 0 Å². The molecule has 2 aromatic carbocycles. The molecule has 0 unspecified atom stereocenters. The number of nitrogens with one attached hydrogen (secondary N) is 2. The smallest absolute Gasteiger partial charge is 0.319 e. The summed E-state index contributed by atoms with van der Waals surface area (Å²) in [5.74, 6) is 0. The van der Waals surface area contributed by atoms with E-state index >= 15 is 0 Å². The minimum Gasteiger partial charge on any atom is -0.369 e. The van der Waals surface area contributed by atoms with Crippen LogP contribution >= 0.6 is 0 Å². The maximum absolute atomic E-state index is 11.9. The summed E-state index contributed by atoms with van der Waals surface area (Å²) in [5.41, 5.74) is 4.81. The van der Waals surface area contributed by atoms with Crippen LogP contribution in [0.1, 0.15) is 11.1 Å². The minimum atomic E-state index is -0.148. The molecule has 5 nitrogen and oxygen atoms in total. The van der Waals surface area contributed by atoms with Gasteiger partial charge in [0.05, 0.1) is 0 Å². The topological polar surface area (TPSA) is 47.6 Å². The predicted molar refractivity (Wildman–Crippen MR) is 108 cm³/mol. The molecule has 26 heavy (non-hydrogen) atoms. The van der Waals surface area contributed by atoms with Crippen LogP contribution in [0, 0.1) is 13.8 Å². The zero-order valence-electron chi connectivity index (χ0n) is 15.7. The lowest BCUT2D eigenvalue weighted by molar-refractivity contribution is 0.240. The molecular weight excluding hydrogens is 324 g/mol. The molecule has 3 rings (SSSR count). The first kappa shape index (κ1) is 18.3. The number of carbonyl (C=O) groups excluding carboxylic acids is 1. The van der Waals surface area contributed by atoms with Crippen LogP contribution in [0.2, 0.25) is 0 Å². The highest BCUT2D eigenvalue weighted by atomic mass is 16.2. The summed E-state index contributed by atoms with van der Waals surface area (Å²) >= 11 is 0. The third-order valence-electron chi connectivity index (χ3n) is 4.81. The van der Waals surface area contributed by atoms with Crippen molar-refractivity contribution in [2.45, 2.75) is 13.8 Å². The van der Waals surface area contributed by atoms with Gasteiger partial charge in [-0.25, -0.2) is 4.79 Å². The van der Waals surface area contributed by atoms with Crippen molar-refractivity contribution in [2.75, 3.05) is 49.5 Å². The number of hydrogen-bond acceptors (Lipinski definition) is 3. The fraction of sp³-hybridized carbons (Fsp3) is 0.381. The van der Waals surface area contributed by atoms with Gasteiger partial charge in [0.25, 0.3) is 0 Å². The Labute approximate surface area is 156 Å². The van der Waals surface area contributed by atoms with E-state index in [0.717, 1.165) is 38.4 Å². The van der Waals surface area contributed by atoms with Crippen molar-refractivity contribution in [3.63, 3.8) is 0 Å². The number of para-hydroxylation sites is 1. The molecule has 2 aromatic rings. The van der Waals surface area contributed by atoms with Gasteiger partial charge >= 0.3 is 6.03 Å². The Morgan fingerprint density at radius 1 is 1.00 bits per heavy atom. The predicted octanol–water partition coefficient (Wildman–Crippen LogP) is 3.25. The van der Waals surface area contributed by atoms with Gasteiger partial charge in [-0.05, 0) is 37.6 Å². The fourth-order valence-electron chi connectivity index (χ4n) is 3.40. The molecular formula is C21H28N4O. The van der Waals surface area contributed by atoms with E-state index in [1.54, 1.807) is 0 Å². The summed E-state index contributed by atoms with van der Waals surface area (Å²) in [5, 5.41) is 5.77. The van der Waals surface area contributed by atoms with Crippen LogP contribution in [0.4, 0.5) is 16.2 Å². The van der Waals surface area contributed by atoms with Crippen LogP contribution in [0.15, 0.2) is 48.5 Å². The standard InChI is InChI=1S/C21H28N4O/c1-17-8-9-20(18(2)16-17)25-14-12-24(13-15-25)11-10-22-21(26)23-19-6-4-3-5-7-19/h3-9,16H,10-15H2,1-2H3,(H2,22,23,26). The molecule has 2 amide bonds. The summed E-state index contributed by atoms with van der Waals surface area (Å²) < 4.78 is 0. The van der Waals surface area contributed by atoms with Crippen molar-refractivity contribution in [1.82, 2.24) is 10.2 Å². The van der Waals surface area contributed by atoms with E-state index in [1.165, 1.54) is 16.8 Å². The van der Waals surface area contributed by atoms with Crippen LogP contribution in [0.3, 0.4) is 0 Å². The third-order valence-corrected chi connectivity index (χ3v) is 4.81. The van der Waals surface area contributed by atoms with Gasteiger partial charge in [0.15, 0.2) is 0 Å². The highest BCUT2D eigenvalue weighted by Crippen LogP contribution is 2.22.